The van der Waals surface area contributed by atoms with E-state index < -0.39 is 17.6 Å². The van der Waals surface area contributed by atoms with Gasteiger partial charge in [-0.1, -0.05) is 13.8 Å². The second-order valence-corrected chi connectivity index (χ2v) is 7.45. The largest absolute Gasteiger partial charge is 0.233 e. The number of hydrogen-bond acceptors (Lipinski definition) is 2. The van der Waals surface area contributed by atoms with E-state index in [1.165, 1.54) is 0 Å². The van der Waals surface area contributed by atoms with Gasteiger partial charge in [0.1, 0.15) is 5.41 Å². The van der Waals surface area contributed by atoms with Crippen LogP contribution in [0.2, 0.25) is 0 Å². The van der Waals surface area contributed by atoms with Crippen LogP contribution in [0.5, 0.6) is 0 Å². The first-order chi connectivity index (χ1) is 9.85. The van der Waals surface area contributed by atoms with E-state index in [-0.39, 0.29) is 17.8 Å². The van der Waals surface area contributed by atoms with E-state index in [0.29, 0.717) is 31.6 Å². The Morgan fingerprint density at radius 1 is 0.905 bits per heavy atom. The Hall–Kier alpha value is -1.10. The molecule has 2 rings (SSSR count). The molecular weight excluding hydrogens is 264 g/mol. The molecule has 0 N–H and O–H groups in total. The van der Waals surface area contributed by atoms with Gasteiger partial charge < -0.3 is 0 Å². The summed E-state index contributed by atoms with van der Waals surface area (Å²) in [5.41, 5.74) is -1.33. The molecule has 114 valence electrons. The number of hydrogen-bond donors (Lipinski definition) is 0. The molecule has 2 radical (unpaired) electrons. The van der Waals surface area contributed by atoms with Gasteiger partial charge >= 0.3 is 0 Å². The van der Waals surface area contributed by atoms with E-state index in [9.17, 15) is 20.7 Å². The van der Waals surface area contributed by atoms with E-state index in [4.69, 9.17) is 0 Å². The van der Waals surface area contributed by atoms with Crippen molar-refractivity contribution < 1.29 is 10.2 Å². The predicted octanol–water partition coefficient (Wildman–Crippen LogP) is 3.63. The average Bonchev–Trinajstić information content (AvgIpc) is 2.47. The smallest absolute Gasteiger partial charge is 0.149 e. The molecule has 2 unspecified atom stereocenters. The van der Waals surface area contributed by atoms with Gasteiger partial charge in [-0.15, -0.1) is 0 Å². The van der Waals surface area contributed by atoms with Gasteiger partial charge in [-0.2, -0.15) is 10.5 Å². The Labute approximate surface area is 127 Å². The molecule has 0 saturated heterocycles. The molecular formula is C17H24N2O2. The van der Waals surface area contributed by atoms with Crippen LogP contribution < -0.4 is 0 Å². The summed E-state index contributed by atoms with van der Waals surface area (Å²) in [6.07, 6.45) is 3.24. The minimum Gasteiger partial charge on any atom is -0.233 e. The Kier molecular flexibility index (Phi) is 4.61. The third-order valence-corrected chi connectivity index (χ3v) is 5.95. The van der Waals surface area contributed by atoms with Crippen LogP contribution >= 0.6 is 0 Å². The Morgan fingerprint density at radius 2 is 1.43 bits per heavy atom. The maximum absolute atomic E-state index is 11.8. The minimum absolute atomic E-state index is 0.0709. The van der Waals surface area contributed by atoms with Crippen LogP contribution in [0.4, 0.5) is 0 Å². The molecule has 4 heteroatoms. The van der Waals surface area contributed by atoms with E-state index in [1.807, 2.05) is 0 Å². The average molecular weight is 288 g/mol. The summed E-state index contributed by atoms with van der Waals surface area (Å²) in [5.74, 6) is 0.301. The van der Waals surface area contributed by atoms with Crippen LogP contribution in [0.3, 0.4) is 0 Å². The summed E-state index contributed by atoms with van der Waals surface area (Å²) >= 11 is 0. The van der Waals surface area contributed by atoms with Gasteiger partial charge in [0.05, 0.1) is 24.3 Å². The third kappa shape index (κ3) is 2.93. The number of nitriles is 2. The Bertz CT molecular complexity index is 438. The minimum atomic E-state index is -1.15. The van der Waals surface area contributed by atoms with Crippen LogP contribution in [0.15, 0.2) is 0 Å². The third-order valence-electron chi connectivity index (χ3n) is 5.95. The summed E-state index contributed by atoms with van der Waals surface area (Å²) < 4.78 is 0. The van der Waals surface area contributed by atoms with Crippen molar-refractivity contribution in [2.45, 2.75) is 71.0 Å². The van der Waals surface area contributed by atoms with E-state index >= 15 is 0 Å². The van der Waals surface area contributed by atoms with Crippen molar-refractivity contribution in [2.24, 2.45) is 22.7 Å². The zero-order valence-electron chi connectivity index (χ0n) is 13.0. The maximum Gasteiger partial charge on any atom is 0.149 e. The second-order valence-electron chi connectivity index (χ2n) is 7.45. The number of nitrogens with zero attached hydrogens (tertiary/aromatic N) is 2. The first kappa shape index (κ1) is 16.3. The maximum atomic E-state index is 11.8. The van der Waals surface area contributed by atoms with E-state index in [1.54, 1.807) is 0 Å². The lowest BCUT2D eigenvalue weighted by atomic mass is 9.52. The topological polar surface area (TPSA) is 87.4 Å². The first-order valence-electron chi connectivity index (χ1n) is 8.00. The Morgan fingerprint density at radius 3 is 1.95 bits per heavy atom. The second kappa shape index (κ2) is 5.95. The quantitative estimate of drug-likeness (QED) is 0.776. The van der Waals surface area contributed by atoms with Gasteiger partial charge in [0, 0.05) is 6.42 Å². The molecule has 2 saturated carbocycles. The van der Waals surface area contributed by atoms with E-state index in [0.717, 1.165) is 12.8 Å². The molecule has 0 aliphatic heterocycles. The lowest BCUT2D eigenvalue weighted by Crippen LogP contribution is -2.47. The summed E-state index contributed by atoms with van der Waals surface area (Å²) in [4.78, 5) is 0. The SMILES string of the molecule is CC(C)(C1CCC([O])CC1)C1CCC([O])CC1(C#N)C#N. The van der Waals surface area contributed by atoms with Crippen LogP contribution in [-0.2, 0) is 10.2 Å². The molecule has 0 aromatic carbocycles. The lowest BCUT2D eigenvalue weighted by Gasteiger charge is -2.49. The normalized spacial score (nSPS) is 36.5. The standard InChI is InChI=1S/C17H24N2O2/c1-16(2,12-3-5-13(20)6-4-12)15-8-7-14(21)9-17(15,10-18)11-19/h12-15H,3-9H2,1-2H3. The molecule has 2 fully saturated rings. The molecule has 2 aliphatic carbocycles. The van der Waals surface area contributed by atoms with Crippen molar-refractivity contribution in [1.82, 2.24) is 0 Å². The van der Waals surface area contributed by atoms with Crippen molar-refractivity contribution in [2.75, 3.05) is 0 Å². The highest BCUT2D eigenvalue weighted by atomic mass is 16.3. The summed E-state index contributed by atoms with van der Waals surface area (Å²) in [7, 11) is 0. The molecule has 2 aliphatic rings. The highest BCUT2D eigenvalue weighted by Gasteiger charge is 2.53. The fourth-order valence-electron chi connectivity index (χ4n) is 4.57. The molecule has 4 nitrogen and oxygen atoms in total. The van der Waals surface area contributed by atoms with Crippen LogP contribution in [0.25, 0.3) is 0 Å². The molecule has 0 spiro atoms. The number of rotatable bonds is 2. The van der Waals surface area contributed by atoms with Crippen molar-refractivity contribution in [3.63, 3.8) is 0 Å². The van der Waals surface area contributed by atoms with Crippen molar-refractivity contribution in [3.05, 3.63) is 0 Å². The van der Waals surface area contributed by atoms with Gasteiger partial charge in [0.2, 0.25) is 0 Å². The zero-order valence-corrected chi connectivity index (χ0v) is 13.0. The van der Waals surface area contributed by atoms with Gasteiger partial charge in [-0.25, -0.2) is 10.2 Å². The van der Waals surface area contributed by atoms with Crippen molar-refractivity contribution >= 4 is 0 Å². The molecule has 0 bridgehead atoms. The molecule has 0 heterocycles. The monoisotopic (exact) mass is 288 g/mol. The van der Waals surface area contributed by atoms with Crippen LogP contribution in [0.1, 0.15) is 58.8 Å². The van der Waals surface area contributed by atoms with E-state index in [2.05, 4.69) is 26.0 Å². The van der Waals surface area contributed by atoms with Crippen molar-refractivity contribution in [3.8, 4) is 12.1 Å². The molecule has 0 amide bonds. The summed E-state index contributed by atoms with van der Waals surface area (Å²) in [6.45, 7) is 4.25. The Balaban J connectivity index is 2.25. The zero-order chi connectivity index (χ0) is 15.7. The van der Waals surface area contributed by atoms with Gasteiger partial charge in [-0.3, -0.25) is 0 Å². The predicted molar refractivity (Wildman–Crippen MR) is 75.7 cm³/mol. The van der Waals surface area contributed by atoms with Crippen LogP contribution in [0, 0.1) is 45.3 Å². The molecule has 2 atom stereocenters. The first-order valence-corrected chi connectivity index (χ1v) is 8.00. The van der Waals surface area contributed by atoms with Crippen molar-refractivity contribution in [1.29, 1.82) is 10.5 Å². The highest BCUT2D eigenvalue weighted by molar-refractivity contribution is 5.21. The van der Waals surface area contributed by atoms with Gasteiger partial charge in [-0.05, 0) is 55.8 Å². The van der Waals surface area contributed by atoms with Crippen LogP contribution in [-0.4, -0.2) is 12.2 Å². The molecule has 0 aromatic rings. The fraction of sp³-hybridized carbons (Fsp3) is 0.882. The van der Waals surface area contributed by atoms with Gasteiger partial charge in [0.25, 0.3) is 0 Å². The lowest BCUT2D eigenvalue weighted by molar-refractivity contribution is -0.0593. The summed E-state index contributed by atoms with van der Waals surface area (Å²) in [5, 5.41) is 42.5. The fourth-order valence-corrected chi connectivity index (χ4v) is 4.57. The summed E-state index contributed by atoms with van der Waals surface area (Å²) in [6, 6.07) is 4.36. The van der Waals surface area contributed by atoms with Gasteiger partial charge in [0.15, 0.2) is 0 Å². The highest BCUT2D eigenvalue weighted by Crippen LogP contribution is 2.55. The molecule has 0 aromatic heterocycles. The molecule has 21 heavy (non-hydrogen) atoms.